The van der Waals surface area contributed by atoms with E-state index >= 15 is 0 Å². The molecule has 1 nitrogen and oxygen atoms in total. The molecule has 0 saturated carbocycles. The molecule has 0 bridgehead atoms. The minimum Gasteiger partial charge on any atom is -0.385 e. The molecule has 2 heteroatoms. The molecule has 1 aromatic rings. The van der Waals surface area contributed by atoms with Gasteiger partial charge in [0, 0.05) is 17.6 Å². The van der Waals surface area contributed by atoms with E-state index in [9.17, 15) is 0 Å². The van der Waals surface area contributed by atoms with Gasteiger partial charge in [-0.15, -0.1) is 0 Å². The summed E-state index contributed by atoms with van der Waals surface area (Å²) in [6, 6.07) is 6.49. The second kappa shape index (κ2) is 5.28. The van der Waals surface area contributed by atoms with E-state index in [0.29, 0.717) is 0 Å². The van der Waals surface area contributed by atoms with Crippen molar-refractivity contribution < 1.29 is 0 Å². The van der Waals surface area contributed by atoms with Crippen LogP contribution < -0.4 is 5.32 Å². The summed E-state index contributed by atoms with van der Waals surface area (Å²) in [4.78, 5) is 0. The second-order valence-corrected chi connectivity index (χ2v) is 4.06. The summed E-state index contributed by atoms with van der Waals surface area (Å²) in [5.41, 5.74) is 3.93. The van der Waals surface area contributed by atoms with Gasteiger partial charge in [0.1, 0.15) is 0 Å². The Labute approximate surface area is 88.7 Å². The van der Waals surface area contributed by atoms with Crippen LogP contribution in [-0.4, -0.2) is 11.9 Å². The van der Waals surface area contributed by atoms with Gasteiger partial charge in [-0.3, -0.25) is 0 Å². The van der Waals surface area contributed by atoms with Crippen molar-refractivity contribution in [2.75, 3.05) is 17.2 Å². The molecule has 0 aliphatic carbocycles. The van der Waals surface area contributed by atoms with Gasteiger partial charge in [0.15, 0.2) is 0 Å². The maximum atomic E-state index is 3.41. The molecule has 0 spiro atoms. The maximum Gasteiger partial charge on any atom is 0.0343 e. The van der Waals surface area contributed by atoms with Crippen LogP contribution in [0.5, 0.6) is 0 Å². The van der Waals surface area contributed by atoms with Crippen LogP contribution in [-0.2, 0) is 0 Å². The number of aryl methyl sites for hydroxylation is 2. The average Bonchev–Trinajstić information content (AvgIpc) is 2.12. The van der Waals surface area contributed by atoms with Crippen molar-refractivity contribution in [1.82, 2.24) is 0 Å². The summed E-state index contributed by atoms with van der Waals surface area (Å²) in [7, 11) is 0. The van der Waals surface area contributed by atoms with Crippen molar-refractivity contribution in [3.05, 3.63) is 29.3 Å². The van der Waals surface area contributed by atoms with E-state index in [0.717, 1.165) is 18.3 Å². The average molecular weight is 242 g/mol. The van der Waals surface area contributed by atoms with Gasteiger partial charge >= 0.3 is 0 Å². The Hall–Kier alpha value is -0.500. The van der Waals surface area contributed by atoms with Crippen LogP contribution in [0.25, 0.3) is 0 Å². The first-order valence-electron chi connectivity index (χ1n) is 4.61. The fraction of sp³-hybridized carbons (Fsp3) is 0.455. The van der Waals surface area contributed by atoms with Crippen molar-refractivity contribution in [3.8, 4) is 0 Å². The predicted molar refractivity (Wildman–Crippen MR) is 62.8 cm³/mol. The van der Waals surface area contributed by atoms with Crippen LogP contribution in [0.1, 0.15) is 17.5 Å². The van der Waals surface area contributed by atoms with Crippen LogP contribution in [0, 0.1) is 13.8 Å². The monoisotopic (exact) mass is 241 g/mol. The van der Waals surface area contributed by atoms with E-state index in [4.69, 9.17) is 0 Å². The molecule has 0 aliphatic rings. The van der Waals surface area contributed by atoms with Crippen molar-refractivity contribution in [1.29, 1.82) is 0 Å². The Morgan fingerprint density at radius 2 is 2.00 bits per heavy atom. The minimum atomic E-state index is 1.04. The van der Waals surface area contributed by atoms with E-state index in [2.05, 4.69) is 53.3 Å². The SMILES string of the molecule is Cc1ccc(NCCCBr)cc1C. The van der Waals surface area contributed by atoms with Gasteiger partial charge < -0.3 is 5.32 Å². The van der Waals surface area contributed by atoms with E-state index in [1.807, 2.05) is 0 Å². The largest absolute Gasteiger partial charge is 0.385 e. The molecule has 0 aromatic heterocycles. The van der Waals surface area contributed by atoms with Gasteiger partial charge in [0.2, 0.25) is 0 Å². The second-order valence-electron chi connectivity index (χ2n) is 3.27. The van der Waals surface area contributed by atoms with Crippen LogP contribution in [0.2, 0.25) is 0 Å². The summed E-state index contributed by atoms with van der Waals surface area (Å²) in [6.45, 7) is 5.32. The molecular weight excluding hydrogens is 226 g/mol. The molecule has 0 aliphatic heterocycles. The standard InChI is InChI=1S/C11H16BrN/c1-9-4-5-11(8-10(9)2)13-7-3-6-12/h4-5,8,13H,3,6-7H2,1-2H3. The third-order valence-corrected chi connectivity index (χ3v) is 2.71. The Bertz CT molecular complexity index is 271. The zero-order chi connectivity index (χ0) is 9.68. The first kappa shape index (κ1) is 10.6. The molecular formula is C11H16BrN. The Morgan fingerprint density at radius 3 is 2.62 bits per heavy atom. The molecule has 0 amide bonds. The number of anilines is 1. The van der Waals surface area contributed by atoms with Gasteiger partial charge in [-0.25, -0.2) is 0 Å². The highest BCUT2D eigenvalue weighted by atomic mass is 79.9. The first-order valence-corrected chi connectivity index (χ1v) is 5.73. The number of nitrogens with one attached hydrogen (secondary N) is 1. The maximum absolute atomic E-state index is 3.41. The van der Waals surface area contributed by atoms with Gasteiger partial charge in [0.25, 0.3) is 0 Å². The third-order valence-electron chi connectivity index (χ3n) is 2.15. The van der Waals surface area contributed by atoms with E-state index in [1.165, 1.54) is 16.8 Å². The van der Waals surface area contributed by atoms with Crippen molar-refractivity contribution in [2.24, 2.45) is 0 Å². The minimum absolute atomic E-state index is 1.04. The molecule has 0 radical (unpaired) electrons. The number of hydrogen-bond donors (Lipinski definition) is 1. The third kappa shape index (κ3) is 3.39. The Kier molecular flexibility index (Phi) is 4.29. The van der Waals surface area contributed by atoms with Gasteiger partial charge in [-0.2, -0.15) is 0 Å². The molecule has 0 atom stereocenters. The van der Waals surface area contributed by atoms with Crippen LogP contribution >= 0.6 is 15.9 Å². The fourth-order valence-corrected chi connectivity index (χ4v) is 1.43. The normalized spacial score (nSPS) is 10.1. The predicted octanol–water partition coefficient (Wildman–Crippen LogP) is 3.50. The van der Waals surface area contributed by atoms with Crippen molar-refractivity contribution in [3.63, 3.8) is 0 Å². The fourth-order valence-electron chi connectivity index (χ4n) is 1.15. The molecule has 72 valence electrons. The van der Waals surface area contributed by atoms with Crippen LogP contribution in [0.4, 0.5) is 5.69 Å². The van der Waals surface area contributed by atoms with Crippen molar-refractivity contribution >= 4 is 21.6 Å². The molecule has 1 N–H and O–H groups in total. The molecule has 0 saturated heterocycles. The summed E-state index contributed by atoms with van der Waals surface area (Å²) in [5.74, 6) is 0. The van der Waals surface area contributed by atoms with Gasteiger partial charge in [0.05, 0.1) is 0 Å². The molecule has 0 heterocycles. The molecule has 13 heavy (non-hydrogen) atoms. The molecule has 0 fully saturated rings. The lowest BCUT2D eigenvalue weighted by Crippen LogP contribution is -2.01. The number of rotatable bonds is 4. The molecule has 1 rings (SSSR count). The lowest BCUT2D eigenvalue weighted by atomic mass is 10.1. The number of benzene rings is 1. The summed E-state index contributed by atoms with van der Waals surface area (Å²) in [6.07, 6.45) is 1.16. The van der Waals surface area contributed by atoms with E-state index < -0.39 is 0 Å². The zero-order valence-corrected chi connectivity index (χ0v) is 9.82. The van der Waals surface area contributed by atoms with E-state index in [-0.39, 0.29) is 0 Å². The highest BCUT2D eigenvalue weighted by Gasteiger charge is 1.94. The Morgan fingerprint density at radius 1 is 1.23 bits per heavy atom. The van der Waals surface area contributed by atoms with Crippen LogP contribution in [0.15, 0.2) is 18.2 Å². The van der Waals surface area contributed by atoms with Gasteiger partial charge in [-0.05, 0) is 43.5 Å². The van der Waals surface area contributed by atoms with Crippen molar-refractivity contribution in [2.45, 2.75) is 20.3 Å². The number of halogens is 1. The Balaban J connectivity index is 2.53. The van der Waals surface area contributed by atoms with Crippen LogP contribution in [0.3, 0.4) is 0 Å². The summed E-state index contributed by atoms with van der Waals surface area (Å²) in [5, 5.41) is 4.44. The molecule has 1 aromatic carbocycles. The highest BCUT2D eigenvalue weighted by Crippen LogP contribution is 2.13. The number of hydrogen-bond acceptors (Lipinski definition) is 1. The summed E-state index contributed by atoms with van der Waals surface area (Å²) < 4.78 is 0. The van der Waals surface area contributed by atoms with Gasteiger partial charge in [-0.1, -0.05) is 22.0 Å². The van der Waals surface area contributed by atoms with E-state index in [1.54, 1.807) is 0 Å². The number of alkyl halides is 1. The lowest BCUT2D eigenvalue weighted by Gasteiger charge is -2.07. The zero-order valence-electron chi connectivity index (χ0n) is 8.23. The first-order chi connectivity index (χ1) is 6.24. The topological polar surface area (TPSA) is 12.0 Å². The lowest BCUT2D eigenvalue weighted by molar-refractivity contribution is 0.998. The summed E-state index contributed by atoms with van der Waals surface area (Å²) >= 11 is 3.41. The smallest absolute Gasteiger partial charge is 0.0343 e. The highest BCUT2D eigenvalue weighted by molar-refractivity contribution is 9.09. The molecule has 0 unspecified atom stereocenters. The quantitative estimate of drug-likeness (QED) is 0.629.